The molecule has 1 heterocycles. The molecule has 0 aliphatic rings. The average molecular weight is 280 g/mol. The van der Waals surface area contributed by atoms with Crippen molar-refractivity contribution in [1.82, 2.24) is 14.8 Å². The Kier molecular flexibility index (Phi) is 4.16. The highest BCUT2D eigenvalue weighted by atomic mass is 32.2. The highest BCUT2D eigenvalue weighted by Gasteiger charge is 2.13. The molecule has 1 atom stereocenters. The molecule has 7 heteroatoms. The van der Waals surface area contributed by atoms with Gasteiger partial charge in [-0.2, -0.15) is 5.10 Å². The molecule has 1 aromatic heterocycles. The predicted octanol–water partition coefficient (Wildman–Crippen LogP) is 1.10. The molecular formula is C12H16N4O2S. The molecule has 0 fully saturated rings. The van der Waals surface area contributed by atoms with E-state index in [9.17, 15) is 4.21 Å². The standard InChI is InChI=1S/C12H16N4O2S/c1-3-18-9-4-5-10(13)11(6-9)19(17)7-12-14-8-15-16(12)2/h4-6,8H,3,7,13H2,1-2H3. The van der Waals surface area contributed by atoms with Gasteiger partial charge in [-0.25, -0.2) is 4.98 Å². The van der Waals surface area contributed by atoms with Gasteiger partial charge in [0.1, 0.15) is 17.9 Å². The summed E-state index contributed by atoms with van der Waals surface area (Å²) in [7, 11) is 0.487. The van der Waals surface area contributed by atoms with E-state index in [2.05, 4.69) is 10.1 Å². The Hall–Kier alpha value is -1.89. The summed E-state index contributed by atoms with van der Waals surface area (Å²) >= 11 is 0. The lowest BCUT2D eigenvalue weighted by Crippen LogP contribution is -2.06. The lowest BCUT2D eigenvalue weighted by atomic mass is 10.3. The third-order valence-corrected chi connectivity index (χ3v) is 3.97. The molecule has 0 amide bonds. The second-order valence-corrected chi connectivity index (χ2v) is 5.34. The summed E-state index contributed by atoms with van der Waals surface area (Å²) in [5, 5.41) is 3.95. The smallest absolute Gasteiger partial charge is 0.139 e. The Bertz CT molecular complexity index is 597. The molecule has 0 radical (unpaired) electrons. The van der Waals surface area contributed by atoms with Crippen molar-refractivity contribution in [2.45, 2.75) is 17.6 Å². The van der Waals surface area contributed by atoms with E-state index in [-0.39, 0.29) is 5.75 Å². The van der Waals surface area contributed by atoms with E-state index >= 15 is 0 Å². The molecule has 0 spiro atoms. The van der Waals surface area contributed by atoms with Crippen LogP contribution in [-0.4, -0.2) is 25.6 Å². The predicted molar refractivity (Wildman–Crippen MR) is 73.1 cm³/mol. The fraction of sp³-hybridized carbons (Fsp3) is 0.333. The molecule has 102 valence electrons. The van der Waals surface area contributed by atoms with E-state index in [1.165, 1.54) is 6.33 Å². The minimum atomic E-state index is -1.28. The number of aryl methyl sites for hydroxylation is 1. The largest absolute Gasteiger partial charge is 0.494 e. The molecule has 19 heavy (non-hydrogen) atoms. The molecule has 1 unspecified atom stereocenters. The first kappa shape index (κ1) is 13.5. The normalized spacial score (nSPS) is 12.3. The fourth-order valence-electron chi connectivity index (χ4n) is 1.61. The number of rotatable bonds is 5. The second-order valence-electron chi connectivity index (χ2n) is 3.92. The van der Waals surface area contributed by atoms with E-state index in [4.69, 9.17) is 10.5 Å². The Labute approximate surface area is 114 Å². The van der Waals surface area contributed by atoms with Gasteiger partial charge in [0.15, 0.2) is 0 Å². The first-order chi connectivity index (χ1) is 9.11. The first-order valence-corrected chi connectivity index (χ1v) is 7.17. The minimum absolute atomic E-state index is 0.274. The van der Waals surface area contributed by atoms with Crippen molar-refractivity contribution >= 4 is 16.5 Å². The molecule has 6 nitrogen and oxygen atoms in total. The fourth-order valence-corrected chi connectivity index (χ4v) is 2.84. The highest BCUT2D eigenvalue weighted by Crippen LogP contribution is 2.24. The van der Waals surface area contributed by atoms with Crippen LogP contribution in [0.4, 0.5) is 5.69 Å². The zero-order chi connectivity index (χ0) is 13.8. The molecule has 0 bridgehead atoms. The number of ether oxygens (including phenoxy) is 1. The van der Waals surface area contributed by atoms with Crippen LogP contribution in [0.25, 0.3) is 0 Å². The van der Waals surface area contributed by atoms with Crippen LogP contribution in [0.1, 0.15) is 12.7 Å². The number of nitrogen functional groups attached to an aromatic ring is 1. The van der Waals surface area contributed by atoms with Gasteiger partial charge in [0.2, 0.25) is 0 Å². The maximum absolute atomic E-state index is 12.3. The van der Waals surface area contributed by atoms with Gasteiger partial charge < -0.3 is 10.5 Å². The van der Waals surface area contributed by atoms with E-state index in [1.54, 1.807) is 29.9 Å². The van der Waals surface area contributed by atoms with Crippen molar-refractivity contribution in [2.75, 3.05) is 12.3 Å². The van der Waals surface area contributed by atoms with Crippen LogP contribution in [0.15, 0.2) is 29.4 Å². The number of nitrogens with zero attached hydrogens (tertiary/aromatic N) is 3. The first-order valence-electron chi connectivity index (χ1n) is 5.85. The van der Waals surface area contributed by atoms with Gasteiger partial charge in [-0.05, 0) is 25.1 Å². The molecule has 0 aliphatic carbocycles. The third kappa shape index (κ3) is 3.11. The van der Waals surface area contributed by atoms with Crippen LogP contribution in [0.3, 0.4) is 0 Å². The number of benzene rings is 1. The number of hydrogen-bond donors (Lipinski definition) is 1. The molecule has 2 rings (SSSR count). The molecule has 2 N–H and O–H groups in total. The minimum Gasteiger partial charge on any atom is -0.494 e. The van der Waals surface area contributed by atoms with Gasteiger partial charge >= 0.3 is 0 Å². The van der Waals surface area contributed by atoms with Crippen LogP contribution in [-0.2, 0) is 23.6 Å². The van der Waals surface area contributed by atoms with Gasteiger partial charge in [-0.3, -0.25) is 8.89 Å². The lowest BCUT2D eigenvalue weighted by molar-refractivity contribution is 0.339. The topological polar surface area (TPSA) is 83.0 Å². The van der Waals surface area contributed by atoms with Crippen molar-refractivity contribution in [3.05, 3.63) is 30.4 Å². The monoisotopic (exact) mass is 280 g/mol. The van der Waals surface area contributed by atoms with Gasteiger partial charge in [-0.15, -0.1) is 0 Å². The Morgan fingerprint density at radius 2 is 2.26 bits per heavy atom. The number of aromatic nitrogens is 3. The van der Waals surface area contributed by atoms with Gasteiger partial charge in [0.25, 0.3) is 0 Å². The summed E-state index contributed by atoms with van der Waals surface area (Å²) in [6.45, 7) is 2.45. The van der Waals surface area contributed by atoms with Crippen LogP contribution in [0.2, 0.25) is 0 Å². The summed E-state index contributed by atoms with van der Waals surface area (Å²) in [5.41, 5.74) is 6.35. The number of nitrogens with two attached hydrogens (primary N) is 1. The Balaban J connectivity index is 2.23. The molecule has 1 aromatic carbocycles. The second kappa shape index (κ2) is 5.83. The summed E-state index contributed by atoms with van der Waals surface area (Å²) in [5.74, 6) is 1.59. The van der Waals surface area contributed by atoms with Crippen molar-refractivity contribution in [3.63, 3.8) is 0 Å². The number of anilines is 1. The molecule has 0 saturated carbocycles. The van der Waals surface area contributed by atoms with Gasteiger partial charge in [0.05, 0.1) is 28.1 Å². The average Bonchev–Trinajstić information content (AvgIpc) is 2.77. The summed E-state index contributed by atoms with van der Waals surface area (Å²) in [4.78, 5) is 4.62. The molecule has 0 aliphatic heterocycles. The summed E-state index contributed by atoms with van der Waals surface area (Å²) in [6.07, 6.45) is 1.44. The summed E-state index contributed by atoms with van der Waals surface area (Å²) < 4.78 is 19.3. The zero-order valence-electron chi connectivity index (χ0n) is 10.9. The van der Waals surface area contributed by atoms with Crippen LogP contribution >= 0.6 is 0 Å². The van der Waals surface area contributed by atoms with E-state index in [1.807, 2.05) is 6.92 Å². The lowest BCUT2D eigenvalue weighted by Gasteiger charge is -2.09. The summed E-state index contributed by atoms with van der Waals surface area (Å²) in [6, 6.07) is 5.18. The van der Waals surface area contributed by atoms with E-state index in [0.717, 1.165) is 0 Å². The molecular weight excluding hydrogens is 264 g/mol. The molecule has 2 aromatic rings. The zero-order valence-corrected chi connectivity index (χ0v) is 11.7. The van der Waals surface area contributed by atoms with E-state index < -0.39 is 10.8 Å². The van der Waals surface area contributed by atoms with Crippen LogP contribution in [0, 0.1) is 0 Å². The highest BCUT2D eigenvalue weighted by molar-refractivity contribution is 7.84. The Morgan fingerprint density at radius 3 is 2.89 bits per heavy atom. The Morgan fingerprint density at radius 1 is 1.47 bits per heavy atom. The SMILES string of the molecule is CCOc1ccc(N)c(S(=O)Cc2ncnn2C)c1. The van der Waals surface area contributed by atoms with Crippen molar-refractivity contribution in [1.29, 1.82) is 0 Å². The van der Waals surface area contributed by atoms with Crippen molar-refractivity contribution in [3.8, 4) is 5.75 Å². The number of hydrogen-bond acceptors (Lipinski definition) is 5. The van der Waals surface area contributed by atoms with E-state index in [0.29, 0.717) is 28.8 Å². The van der Waals surface area contributed by atoms with Crippen molar-refractivity contribution < 1.29 is 8.95 Å². The van der Waals surface area contributed by atoms with Gasteiger partial charge in [-0.1, -0.05) is 0 Å². The van der Waals surface area contributed by atoms with Gasteiger partial charge in [0, 0.05) is 12.7 Å². The maximum Gasteiger partial charge on any atom is 0.139 e. The third-order valence-electron chi connectivity index (χ3n) is 2.61. The maximum atomic E-state index is 12.3. The van der Waals surface area contributed by atoms with Crippen LogP contribution < -0.4 is 10.5 Å². The van der Waals surface area contributed by atoms with Crippen LogP contribution in [0.5, 0.6) is 5.75 Å². The molecule has 0 saturated heterocycles. The van der Waals surface area contributed by atoms with Crippen molar-refractivity contribution in [2.24, 2.45) is 7.05 Å². The quantitative estimate of drug-likeness (QED) is 0.829.